The summed E-state index contributed by atoms with van der Waals surface area (Å²) in [4.78, 5) is 33.6. The molecule has 0 heterocycles. The van der Waals surface area contributed by atoms with Crippen LogP contribution in [0.4, 0.5) is 0 Å². The lowest BCUT2D eigenvalue weighted by Gasteiger charge is -2.29. The Labute approximate surface area is 72.7 Å². The maximum atomic E-state index is 10.4. The predicted molar refractivity (Wildman–Crippen MR) is 41.2 cm³/mol. The molecule has 80 valence electrons. The van der Waals surface area contributed by atoms with E-state index in [9.17, 15) is 9.13 Å². The predicted octanol–water partition coefficient (Wildman–Crippen LogP) is -2.77. The van der Waals surface area contributed by atoms with Crippen LogP contribution in [-0.2, 0) is 9.13 Å². The van der Waals surface area contributed by atoms with E-state index in [0.717, 1.165) is 0 Å². The first-order valence-corrected chi connectivity index (χ1v) is 6.08. The molecule has 0 saturated heterocycles. The molecule has 2 unspecified atom stereocenters. The van der Waals surface area contributed by atoms with Crippen LogP contribution in [-0.4, -0.2) is 35.9 Å². The van der Waals surface area contributed by atoms with Crippen molar-refractivity contribution in [2.45, 2.75) is 11.2 Å². The van der Waals surface area contributed by atoms with Gasteiger partial charge in [0.1, 0.15) is 0 Å². The van der Waals surface area contributed by atoms with E-state index in [4.69, 9.17) is 24.7 Å². The molecule has 0 aliphatic heterocycles. The second kappa shape index (κ2) is 3.39. The van der Waals surface area contributed by atoms with Crippen LogP contribution in [0.3, 0.4) is 0 Å². The van der Waals surface area contributed by atoms with Gasteiger partial charge in [-0.3, -0.25) is 14.9 Å². The molecule has 0 rings (SSSR count). The van der Waals surface area contributed by atoms with Gasteiger partial charge in [-0.2, -0.15) is 0 Å². The maximum absolute atomic E-state index is 10.4. The molecule has 0 spiro atoms. The second-order valence-electron chi connectivity index (χ2n) is 2.36. The lowest BCUT2D eigenvalue weighted by atomic mass is 10.6. The molecule has 0 aromatic carbocycles. The molecular formula is C2H10N2O7P2. The third-order valence-corrected chi connectivity index (χ3v) is 3.80. The molecule has 0 amide bonds. The van der Waals surface area contributed by atoms with E-state index in [1.807, 2.05) is 0 Å². The van der Waals surface area contributed by atoms with Crippen LogP contribution < -0.4 is 11.5 Å². The zero-order chi connectivity index (χ0) is 11.1. The fraction of sp³-hybridized carbons (Fsp3) is 1.00. The summed E-state index contributed by atoms with van der Waals surface area (Å²) >= 11 is 0. The molecular weight excluding hydrogens is 226 g/mol. The van der Waals surface area contributed by atoms with Gasteiger partial charge in [0.2, 0.25) is 5.47 Å². The molecule has 9 nitrogen and oxygen atoms in total. The van der Waals surface area contributed by atoms with Crippen molar-refractivity contribution in [1.29, 1.82) is 0 Å². The average Bonchev–Trinajstić information content (AvgIpc) is 1.81. The van der Waals surface area contributed by atoms with E-state index in [1.165, 1.54) is 0 Å². The van der Waals surface area contributed by atoms with Gasteiger partial charge in [0.15, 0.2) is 5.78 Å². The maximum Gasteiger partial charge on any atom is 0.374 e. The molecule has 0 aliphatic rings. The topological polar surface area (TPSA) is 187 Å². The van der Waals surface area contributed by atoms with Gasteiger partial charge in [-0.15, -0.1) is 0 Å². The van der Waals surface area contributed by atoms with Crippen molar-refractivity contribution in [2.75, 3.05) is 0 Å². The smallest absolute Gasteiger partial charge is 0.364 e. The van der Waals surface area contributed by atoms with Crippen LogP contribution in [0, 0.1) is 0 Å². The molecule has 11 heteroatoms. The second-order valence-corrected chi connectivity index (χ2v) is 5.90. The number of hydrogen-bond acceptors (Lipinski definition) is 5. The lowest BCUT2D eigenvalue weighted by Crippen LogP contribution is -2.54. The van der Waals surface area contributed by atoms with Crippen molar-refractivity contribution in [3.8, 4) is 0 Å². The zero-order valence-electron chi connectivity index (χ0n) is 6.18. The van der Waals surface area contributed by atoms with Crippen LogP contribution >= 0.6 is 15.2 Å². The SMILES string of the molecule is NC(C(N)(O)P(=O)(O)O)P(=O)(O)O. The van der Waals surface area contributed by atoms with Gasteiger partial charge in [-0.05, 0) is 0 Å². The molecule has 9 N–H and O–H groups in total. The summed E-state index contributed by atoms with van der Waals surface area (Å²) in [5.74, 6) is -2.54. The third kappa shape index (κ3) is 2.81. The lowest BCUT2D eigenvalue weighted by molar-refractivity contribution is 0.0854. The van der Waals surface area contributed by atoms with E-state index >= 15 is 0 Å². The van der Waals surface area contributed by atoms with Crippen molar-refractivity contribution < 1.29 is 33.8 Å². The molecule has 0 aromatic heterocycles. The van der Waals surface area contributed by atoms with Crippen molar-refractivity contribution >= 4 is 15.2 Å². The number of rotatable bonds is 3. The zero-order valence-corrected chi connectivity index (χ0v) is 7.97. The first-order chi connectivity index (χ1) is 5.40. The van der Waals surface area contributed by atoms with Crippen LogP contribution in [0.2, 0.25) is 0 Å². The van der Waals surface area contributed by atoms with Crippen LogP contribution in [0.15, 0.2) is 0 Å². The van der Waals surface area contributed by atoms with Gasteiger partial charge in [0.25, 0.3) is 0 Å². The summed E-state index contributed by atoms with van der Waals surface area (Å²) in [6.07, 6.45) is 0. The van der Waals surface area contributed by atoms with Crippen molar-refractivity contribution in [2.24, 2.45) is 11.5 Å². The highest BCUT2D eigenvalue weighted by molar-refractivity contribution is 7.57. The first kappa shape index (κ1) is 13.2. The molecule has 0 bridgehead atoms. The molecule has 0 radical (unpaired) electrons. The Balaban J connectivity index is 5.09. The number of aliphatic hydroxyl groups is 1. The summed E-state index contributed by atoms with van der Waals surface area (Å²) in [6.45, 7) is 0. The molecule has 0 aliphatic carbocycles. The summed E-state index contributed by atoms with van der Waals surface area (Å²) in [6, 6.07) is 0. The quantitative estimate of drug-likeness (QED) is 0.201. The highest BCUT2D eigenvalue weighted by Crippen LogP contribution is 2.55. The van der Waals surface area contributed by atoms with Gasteiger partial charge in [0, 0.05) is 0 Å². The minimum absolute atomic E-state index is 2.54. The van der Waals surface area contributed by atoms with E-state index in [0.29, 0.717) is 0 Å². The fourth-order valence-electron chi connectivity index (χ4n) is 0.420. The Hall–Kier alpha value is 0.180. The van der Waals surface area contributed by atoms with E-state index < -0.39 is 26.4 Å². The summed E-state index contributed by atoms with van der Waals surface area (Å²) in [5, 5.41) is 8.85. The Morgan fingerprint density at radius 2 is 1.46 bits per heavy atom. The number of nitrogens with two attached hydrogens (primary N) is 2. The summed E-state index contributed by atoms with van der Waals surface area (Å²) < 4.78 is 20.8. The van der Waals surface area contributed by atoms with Crippen LogP contribution in [0.1, 0.15) is 0 Å². The summed E-state index contributed by atoms with van der Waals surface area (Å²) in [7, 11) is -10.4. The van der Waals surface area contributed by atoms with E-state index in [2.05, 4.69) is 11.5 Å². The van der Waals surface area contributed by atoms with Gasteiger partial charge in [0.05, 0.1) is 0 Å². The van der Waals surface area contributed by atoms with Gasteiger partial charge < -0.3 is 30.4 Å². The van der Waals surface area contributed by atoms with Crippen molar-refractivity contribution in [3.63, 3.8) is 0 Å². The molecule has 2 atom stereocenters. The van der Waals surface area contributed by atoms with E-state index in [1.54, 1.807) is 0 Å². The standard InChI is InChI=1S/C2H10N2O7P2/c3-1(12(6,7)8)2(4,5)13(9,10)11/h1,5H,3-4H2,(H2,6,7,8)(H2,9,10,11). The first-order valence-electron chi connectivity index (χ1n) is 2.78. The highest BCUT2D eigenvalue weighted by atomic mass is 31.2. The Kier molecular flexibility index (Phi) is 3.44. The fourth-order valence-corrected chi connectivity index (χ4v) is 2.16. The third-order valence-electron chi connectivity index (χ3n) is 1.26. The molecule has 0 fully saturated rings. The summed E-state index contributed by atoms with van der Waals surface area (Å²) in [5.41, 5.74) is 5.84. The Morgan fingerprint density at radius 3 is 1.54 bits per heavy atom. The largest absolute Gasteiger partial charge is 0.374 e. The average molecular weight is 236 g/mol. The Bertz CT molecular complexity index is 276. The van der Waals surface area contributed by atoms with Crippen LogP contribution in [0.25, 0.3) is 0 Å². The molecule has 0 saturated carbocycles. The Morgan fingerprint density at radius 1 is 1.15 bits per heavy atom. The highest BCUT2D eigenvalue weighted by Gasteiger charge is 2.54. The number of hydrogen-bond donors (Lipinski definition) is 7. The minimum Gasteiger partial charge on any atom is -0.364 e. The minimum atomic E-state index is -5.31. The van der Waals surface area contributed by atoms with E-state index in [-0.39, 0.29) is 0 Å². The van der Waals surface area contributed by atoms with Gasteiger partial charge in [-0.1, -0.05) is 0 Å². The van der Waals surface area contributed by atoms with Crippen LogP contribution in [0.5, 0.6) is 0 Å². The van der Waals surface area contributed by atoms with Gasteiger partial charge >= 0.3 is 15.2 Å². The molecule has 0 aromatic rings. The normalized spacial score (nSPS) is 20.8. The van der Waals surface area contributed by atoms with Gasteiger partial charge in [-0.25, -0.2) is 0 Å². The van der Waals surface area contributed by atoms with Crippen molar-refractivity contribution in [3.05, 3.63) is 0 Å². The molecule has 13 heavy (non-hydrogen) atoms. The monoisotopic (exact) mass is 236 g/mol. The van der Waals surface area contributed by atoms with Crippen molar-refractivity contribution in [1.82, 2.24) is 0 Å².